The Kier molecular flexibility index (Phi) is 5.81. The Labute approximate surface area is 154 Å². The smallest absolute Gasteiger partial charge is 0.260 e. The molecule has 0 bridgehead atoms. The minimum absolute atomic E-state index is 0.0127. The lowest BCUT2D eigenvalue weighted by Gasteiger charge is -2.37. The van der Waals surface area contributed by atoms with Gasteiger partial charge < -0.3 is 19.7 Å². The number of nitrogens with one attached hydrogen (secondary N) is 1. The van der Waals surface area contributed by atoms with Crippen LogP contribution in [0.2, 0.25) is 0 Å². The van der Waals surface area contributed by atoms with Gasteiger partial charge in [0.25, 0.3) is 5.91 Å². The highest BCUT2D eigenvalue weighted by molar-refractivity contribution is 5.78. The van der Waals surface area contributed by atoms with Gasteiger partial charge in [0, 0.05) is 27.1 Å². The Morgan fingerprint density at radius 3 is 2.62 bits per heavy atom. The molecule has 0 aromatic heterocycles. The van der Waals surface area contributed by atoms with Crippen molar-refractivity contribution in [2.24, 2.45) is 11.8 Å². The molecule has 1 aliphatic heterocycles. The number of carbonyl (C=O) groups excluding carboxylic acids is 2. The van der Waals surface area contributed by atoms with Gasteiger partial charge in [0.2, 0.25) is 5.91 Å². The number of rotatable bonds is 5. The number of nitrogens with zero attached hydrogens (tertiary/aromatic N) is 1. The lowest BCUT2D eigenvalue weighted by molar-refractivity contribution is -0.132. The van der Waals surface area contributed by atoms with Crippen LogP contribution in [0.1, 0.15) is 25.3 Å². The molecule has 6 nitrogen and oxygen atoms in total. The SMILES string of the molecule is CO[C@@H]1C[C@H]2CN(C(=O)COc3cccc(C)c3)C[C@H]2C[C@H]1NC(C)=O. The molecular weight excluding hydrogens is 332 g/mol. The second-order valence-electron chi connectivity index (χ2n) is 7.48. The average molecular weight is 360 g/mol. The first-order chi connectivity index (χ1) is 12.5. The number of carbonyl (C=O) groups is 2. The molecule has 1 saturated carbocycles. The molecule has 1 N–H and O–H groups in total. The predicted molar refractivity (Wildman–Crippen MR) is 97.9 cm³/mol. The summed E-state index contributed by atoms with van der Waals surface area (Å²) >= 11 is 0. The fourth-order valence-corrected chi connectivity index (χ4v) is 4.23. The number of methoxy groups -OCH3 is 1. The number of hydrogen-bond donors (Lipinski definition) is 1. The van der Waals surface area contributed by atoms with E-state index in [0.29, 0.717) is 11.8 Å². The molecular formula is C20H28N2O4. The highest BCUT2D eigenvalue weighted by Gasteiger charge is 2.43. The van der Waals surface area contributed by atoms with Gasteiger partial charge in [0.15, 0.2) is 6.61 Å². The first-order valence-corrected chi connectivity index (χ1v) is 9.23. The van der Waals surface area contributed by atoms with Gasteiger partial charge in [-0.25, -0.2) is 0 Å². The van der Waals surface area contributed by atoms with Crippen LogP contribution in [0, 0.1) is 18.8 Å². The maximum atomic E-state index is 12.6. The Morgan fingerprint density at radius 1 is 1.23 bits per heavy atom. The number of amides is 2. The number of aryl methyl sites for hydroxylation is 1. The van der Waals surface area contributed by atoms with Gasteiger partial charge in [-0.15, -0.1) is 0 Å². The molecule has 0 spiro atoms. The van der Waals surface area contributed by atoms with E-state index in [1.165, 1.54) is 6.92 Å². The maximum Gasteiger partial charge on any atom is 0.260 e. The molecule has 1 aromatic carbocycles. The van der Waals surface area contributed by atoms with Crippen molar-refractivity contribution in [3.05, 3.63) is 29.8 Å². The molecule has 1 aliphatic carbocycles. The van der Waals surface area contributed by atoms with Crippen molar-refractivity contribution in [3.63, 3.8) is 0 Å². The summed E-state index contributed by atoms with van der Waals surface area (Å²) in [7, 11) is 1.69. The molecule has 1 heterocycles. The van der Waals surface area contributed by atoms with Crippen molar-refractivity contribution in [1.82, 2.24) is 10.2 Å². The van der Waals surface area contributed by atoms with Crippen LogP contribution in [0.3, 0.4) is 0 Å². The summed E-state index contributed by atoms with van der Waals surface area (Å²) in [5.41, 5.74) is 1.11. The number of fused-ring (bicyclic) bond motifs is 1. The molecule has 0 unspecified atom stereocenters. The third kappa shape index (κ3) is 4.36. The van der Waals surface area contributed by atoms with Crippen molar-refractivity contribution in [2.45, 2.75) is 38.8 Å². The first-order valence-electron chi connectivity index (χ1n) is 9.23. The number of likely N-dealkylation sites (tertiary alicyclic amines) is 1. The monoisotopic (exact) mass is 360 g/mol. The number of benzene rings is 1. The van der Waals surface area contributed by atoms with Gasteiger partial charge in [-0.05, 0) is 49.3 Å². The Morgan fingerprint density at radius 2 is 1.96 bits per heavy atom. The van der Waals surface area contributed by atoms with Crippen LogP contribution >= 0.6 is 0 Å². The van der Waals surface area contributed by atoms with Crippen molar-refractivity contribution in [1.29, 1.82) is 0 Å². The van der Waals surface area contributed by atoms with Crippen molar-refractivity contribution >= 4 is 11.8 Å². The normalized spacial score (nSPS) is 27.7. The minimum Gasteiger partial charge on any atom is -0.484 e. The molecule has 2 aliphatic rings. The Hall–Kier alpha value is -2.08. The highest BCUT2D eigenvalue weighted by Crippen LogP contribution is 2.37. The van der Waals surface area contributed by atoms with E-state index in [1.807, 2.05) is 36.1 Å². The molecule has 2 fully saturated rings. The van der Waals surface area contributed by atoms with E-state index in [9.17, 15) is 9.59 Å². The van der Waals surface area contributed by atoms with E-state index < -0.39 is 0 Å². The van der Waals surface area contributed by atoms with Crippen LogP contribution < -0.4 is 10.1 Å². The quantitative estimate of drug-likeness (QED) is 0.869. The fourth-order valence-electron chi connectivity index (χ4n) is 4.23. The summed E-state index contributed by atoms with van der Waals surface area (Å²) in [4.78, 5) is 25.9. The third-order valence-electron chi connectivity index (χ3n) is 5.51. The summed E-state index contributed by atoms with van der Waals surface area (Å²) in [6, 6.07) is 7.74. The van der Waals surface area contributed by atoms with Crippen LogP contribution in [0.25, 0.3) is 0 Å². The second kappa shape index (κ2) is 8.08. The summed E-state index contributed by atoms with van der Waals surface area (Å²) in [5.74, 6) is 1.54. The molecule has 142 valence electrons. The maximum absolute atomic E-state index is 12.6. The van der Waals surface area contributed by atoms with Crippen LogP contribution in [0.5, 0.6) is 5.75 Å². The summed E-state index contributed by atoms with van der Waals surface area (Å²) in [5, 5.41) is 3.00. The topological polar surface area (TPSA) is 67.9 Å². The van der Waals surface area contributed by atoms with E-state index in [2.05, 4.69) is 5.32 Å². The van der Waals surface area contributed by atoms with Gasteiger partial charge >= 0.3 is 0 Å². The summed E-state index contributed by atoms with van der Waals surface area (Å²) in [6.45, 7) is 5.07. The lowest BCUT2D eigenvalue weighted by atomic mass is 9.77. The highest BCUT2D eigenvalue weighted by atomic mass is 16.5. The standard InChI is InChI=1S/C20H28N2O4/c1-13-5-4-6-17(7-13)26-12-20(24)22-10-15-8-18(21-14(2)23)19(25-3)9-16(15)11-22/h4-7,15-16,18-19H,8-12H2,1-3H3,(H,21,23)/t15-,16+,18-,19-/m1/s1. The first kappa shape index (κ1) is 18.7. The summed E-state index contributed by atoms with van der Waals surface area (Å²) < 4.78 is 11.2. The van der Waals surface area contributed by atoms with Gasteiger partial charge in [-0.1, -0.05) is 12.1 Å². The Balaban J connectivity index is 1.55. The summed E-state index contributed by atoms with van der Waals surface area (Å²) in [6.07, 6.45) is 1.73. The van der Waals surface area contributed by atoms with E-state index in [-0.39, 0.29) is 30.6 Å². The number of ether oxygens (including phenoxy) is 2. The Bertz CT molecular complexity index is 663. The van der Waals surface area contributed by atoms with Gasteiger partial charge in [-0.2, -0.15) is 0 Å². The zero-order chi connectivity index (χ0) is 18.7. The average Bonchev–Trinajstić information content (AvgIpc) is 3.01. The molecule has 4 atom stereocenters. The molecule has 1 saturated heterocycles. The van der Waals surface area contributed by atoms with Crippen molar-refractivity contribution in [2.75, 3.05) is 26.8 Å². The molecule has 2 amide bonds. The van der Waals surface area contributed by atoms with Gasteiger partial charge in [0.1, 0.15) is 5.75 Å². The predicted octanol–water partition coefficient (Wildman–Crippen LogP) is 1.76. The van der Waals surface area contributed by atoms with Crippen LogP contribution in [-0.4, -0.2) is 55.7 Å². The zero-order valence-corrected chi connectivity index (χ0v) is 15.7. The van der Waals surface area contributed by atoms with Crippen LogP contribution in [0.15, 0.2) is 24.3 Å². The molecule has 3 rings (SSSR count). The molecule has 1 aromatic rings. The lowest BCUT2D eigenvalue weighted by Crippen LogP contribution is -2.49. The van der Waals surface area contributed by atoms with Gasteiger partial charge in [0.05, 0.1) is 12.1 Å². The number of hydrogen-bond acceptors (Lipinski definition) is 4. The second-order valence-corrected chi connectivity index (χ2v) is 7.48. The van der Waals surface area contributed by atoms with Crippen LogP contribution in [0.4, 0.5) is 0 Å². The van der Waals surface area contributed by atoms with Crippen LogP contribution in [-0.2, 0) is 14.3 Å². The van der Waals surface area contributed by atoms with E-state index in [0.717, 1.165) is 37.2 Å². The van der Waals surface area contributed by atoms with Gasteiger partial charge in [-0.3, -0.25) is 9.59 Å². The van der Waals surface area contributed by atoms with Crippen molar-refractivity contribution in [3.8, 4) is 5.75 Å². The van der Waals surface area contributed by atoms with E-state index >= 15 is 0 Å². The van der Waals surface area contributed by atoms with E-state index in [1.54, 1.807) is 7.11 Å². The minimum atomic E-state index is -0.0343. The van der Waals surface area contributed by atoms with E-state index in [4.69, 9.17) is 9.47 Å². The zero-order valence-electron chi connectivity index (χ0n) is 15.7. The molecule has 6 heteroatoms. The van der Waals surface area contributed by atoms with Crippen molar-refractivity contribution < 1.29 is 19.1 Å². The largest absolute Gasteiger partial charge is 0.484 e. The fraction of sp³-hybridized carbons (Fsp3) is 0.600. The molecule has 0 radical (unpaired) electrons. The third-order valence-corrected chi connectivity index (χ3v) is 5.51. The molecule has 26 heavy (non-hydrogen) atoms.